The first-order valence-corrected chi connectivity index (χ1v) is 11.2. The van der Waals surface area contributed by atoms with E-state index in [0.29, 0.717) is 13.0 Å². The van der Waals surface area contributed by atoms with Gasteiger partial charge < -0.3 is 4.57 Å². The fourth-order valence-corrected chi connectivity index (χ4v) is 4.45. The molecular weight excluding hydrogens is 414 g/mol. The van der Waals surface area contributed by atoms with Crippen LogP contribution in [0.4, 0.5) is 0 Å². The summed E-state index contributed by atoms with van der Waals surface area (Å²) in [5.74, 6) is -0.629. The molecule has 1 aromatic heterocycles. The standard InChI is InChI=1S/C23H25N3O4S/c1-17-20(21-8-4-5-9-22(21)26(17)2)15-16-24-31(29,30)19-13-11-18(12-14-19)7-3-6-10-23(27)25-28/h3-14,24,28H,15-16H2,1-2H3,(H,25,27)/b7-3+,10-6+. The van der Waals surface area contributed by atoms with Crippen molar-refractivity contribution in [1.29, 1.82) is 0 Å². The summed E-state index contributed by atoms with van der Waals surface area (Å²) in [6.07, 6.45) is 6.56. The number of allylic oxidation sites excluding steroid dienone is 2. The largest absolute Gasteiger partial charge is 0.348 e. The molecule has 0 bridgehead atoms. The minimum Gasteiger partial charge on any atom is -0.348 e. The Morgan fingerprint density at radius 2 is 1.81 bits per heavy atom. The van der Waals surface area contributed by atoms with Gasteiger partial charge in [0.1, 0.15) is 0 Å². The predicted molar refractivity (Wildman–Crippen MR) is 121 cm³/mol. The second kappa shape index (κ2) is 9.74. The maximum absolute atomic E-state index is 12.6. The number of carbonyl (C=O) groups is 1. The average molecular weight is 440 g/mol. The van der Waals surface area contributed by atoms with Crippen molar-refractivity contribution < 1.29 is 18.4 Å². The van der Waals surface area contributed by atoms with Gasteiger partial charge in [-0.2, -0.15) is 0 Å². The molecule has 0 aliphatic carbocycles. The minimum atomic E-state index is -3.62. The summed E-state index contributed by atoms with van der Waals surface area (Å²) in [6, 6.07) is 14.5. The molecule has 0 atom stereocenters. The second-order valence-electron chi connectivity index (χ2n) is 7.05. The highest BCUT2D eigenvalue weighted by atomic mass is 32.2. The fraction of sp³-hybridized carbons (Fsp3) is 0.174. The zero-order valence-corrected chi connectivity index (χ0v) is 18.2. The van der Waals surface area contributed by atoms with Gasteiger partial charge in [0, 0.05) is 36.3 Å². The van der Waals surface area contributed by atoms with Crippen molar-refractivity contribution in [2.24, 2.45) is 7.05 Å². The molecule has 3 aromatic rings. The lowest BCUT2D eigenvalue weighted by Gasteiger charge is -2.08. The molecule has 0 unspecified atom stereocenters. The van der Waals surface area contributed by atoms with Gasteiger partial charge in [0.2, 0.25) is 10.0 Å². The molecule has 3 N–H and O–H groups in total. The average Bonchev–Trinajstić information content (AvgIpc) is 3.02. The molecule has 0 radical (unpaired) electrons. The van der Waals surface area contributed by atoms with E-state index in [1.807, 2.05) is 26.1 Å². The van der Waals surface area contributed by atoms with Crippen molar-refractivity contribution in [3.05, 3.63) is 83.6 Å². The van der Waals surface area contributed by atoms with Crippen molar-refractivity contribution in [2.45, 2.75) is 18.2 Å². The first-order chi connectivity index (χ1) is 14.8. The molecule has 0 aliphatic rings. The van der Waals surface area contributed by atoms with Crippen LogP contribution in [-0.4, -0.2) is 30.6 Å². The third-order valence-electron chi connectivity index (χ3n) is 5.15. The van der Waals surface area contributed by atoms with E-state index >= 15 is 0 Å². The molecule has 2 aromatic carbocycles. The van der Waals surface area contributed by atoms with Gasteiger partial charge in [-0.05, 0) is 42.7 Å². The zero-order valence-electron chi connectivity index (χ0n) is 17.4. The van der Waals surface area contributed by atoms with Gasteiger partial charge in [0.25, 0.3) is 5.91 Å². The van der Waals surface area contributed by atoms with Gasteiger partial charge in [0.05, 0.1) is 4.90 Å². The lowest BCUT2D eigenvalue weighted by Crippen LogP contribution is -2.26. The van der Waals surface area contributed by atoms with Gasteiger partial charge in [-0.25, -0.2) is 18.6 Å². The van der Waals surface area contributed by atoms with E-state index in [1.54, 1.807) is 24.3 Å². The van der Waals surface area contributed by atoms with Crippen LogP contribution in [0.25, 0.3) is 17.0 Å². The van der Waals surface area contributed by atoms with E-state index in [1.165, 1.54) is 23.7 Å². The Morgan fingerprint density at radius 1 is 1.10 bits per heavy atom. The Kier molecular flexibility index (Phi) is 7.06. The van der Waals surface area contributed by atoms with E-state index in [-0.39, 0.29) is 4.90 Å². The predicted octanol–water partition coefficient (Wildman–Crippen LogP) is 3.08. The third-order valence-corrected chi connectivity index (χ3v) is 6.62. The Labute approximate surface area is 181 Å². The summed E-state index contributed by atoms with van der Waals surface area (Å²) in [5.41, 5.74) is 5.67. The molecule has 0 fully saturated rings. The molecule has 162 valence electrons. The Balaban J connectivity index is 1.64. The number of hydrogen-bond acceptors (Lipinski definition) is 4. The highest BCUT2D eigenvalue weighted by molar-refractivity contribution is 7.89. The van der Waals surface area contributed by atoms with Crippen LogP contribution in [0.15, 0.2) is 71.7 Å². The maximum atomic E-state index is 12.6. The van der Waals surface area contributed by atoms with Crippen LogP contribution in [0.5, 0.6) is 0 Å². The smallest absolute Gasteiger partial charge is 0.267 e. The Hall–Kier alpha value is -3.20. The van der Waals surface area contributed by atoms with Crippen LogP contribution in [0.2, 0.25) is 0 Å². The lowest BCUT2D eigenvalue weighted by molar-refractivity contribution is -0.124. The molecule has 1 amide bonds. The molecule has 3 rings (SSSR count). The molecule has 8 heteroatoms. The van der Waals surface area contributed by atoms with Crippen LogP contribution in [0.3, 0.4) is 0 Å². The lowest BCUT2D eigenvalue weighted by atomic mass is 10.1. The Morgan fingerprint density at radius 3 is 2.52 bits per heavy atom. The normalized spacial score (nSPS) is 12.2. The summed E-state index contributed by atoms with van der Waals surface area (Å²) in [5, 5.41) is 9.55. The number of fused-ring (bicyclic) bond motifs is 1. The Bertz CT molecular complexity index is 1240. The van der Waals surface area contributed by atoms with Gasteiger partial charge in [0.15, 0.2) is 0 Å². The van der Waals surface area contributed by atoms with Crippen molar-refractivity contribution in [3.8, 4) is 0 Å². The van der Waals surface area contributed by atoms with Crippen LogP contribution in [0.1, 0.15) is 16.8 Å². The van der Waals surface area contributed by atoms with Gasteiger partial charge in [-0.1, -0.05) is 48.6 Å². The zero-order chi connectivity index (χ0) is 22.4. The summed E-state index contributed by atoms with van der Waals surface area (Å²) < 4.78 is 30.1. The van der Waals surface area contributed by atoms with Crippen LogP contribution < -0.4 is 10.2 Å². The number of nitrogens with zero attached hydrogens (tertiary/aromatic N) is 1. The van der Waals surface area contributed by atoms with E-state index in [0.717, 1.165) is 33.8 Å². The monoisotopic (exact) mass is 439 g/mol. The number of amides is 1. The molecule has 31 heavy (non-hydrogen) atoms. The van der Waals surface area contributed by atoms with Crippen LogP contribution in [0, 0.1) is 6.92 Å². The first-order valence-electron chi connectivity index (χ1n) is 9.75. The molecule has 0 aliphatic heterocycles. The topological polar surface area (TPSA) is 100 Å². The number of benzene rings is 2. The van der Waals surface area contributed by atoms with Crippen molar-refractivity contribution in [2.75, 3.05) is 6.54 Å². The van der Waals surface area contributed by atoms with E-state index in [4.69, 9.17) is 5.21 Å². The fourth-order valence-electron chi connectivity index (χ4n) is 3.41. The van der Waals surface area contributed by atoms with Crippen molar-refractivity contribution in [3.63, 3.8) is 0 Å². The number of aromatic nitrogens is 1. The maximum Gasteiger partial charge on any atom is 0.267 e. The van der Waals surface area contributed by atoms with Crippen molar-refractivity contribution >= 4 is 32.9 Å². The molecule has 0 saturated heterocycles. The molecule has 7 nitrogen and oxygen atoms in total. The molecule has 1 heterocycles. The number of aryl methyl sites for hydroxylation is 1. The SMILES string of the molecule is Cc1c(CCNS(=O)(=O)c2ccc(/C=C/C=C/C(=O)NO)cc2)c2ccccc2n1C. The number of carbonyl (C=O) groups excluding carboxylic acids is 1. The number of hydrogen-bond donors (Lipinski definition) is 3. The highest BCUT2D eigenvalue weighted by Gasteiger charge is 2.15. The van der Waals surface area contributed by atoms with Crippen molar-refractivity contribution in [1.82, 2.24) is 14.8 Å². The van der Waals surface area contributed by atoms with Gasteiger partial charge in [-0.15, -0.1) is 0 Å². The summed E-state index contributed by atoms with van der Waals surface area (Å²) >= 11 is 0. The number of para-hydroxylation sites is 1. The van der Waals surface area contributed by atoms with E-state index < -0.39 is 15.9 Å². The summed E-state index contributed by atoms with van der Waals surface area (Å²) in [6.45, 7) is 2.35. The highest BCUT2D eigenvalue weighted by Crippen LogP contribution is 2.25. The molecule has 0 spiro atoms. The number of sulfonamides is 1. The van der Waals surface area contributed by atoms with Gasteiger partial charge >= 0.3 is 0 Å². The van der Waals surface area contributed by atoms with Crippen LogP contribution in [-0.2, 0) is 28.3 Å². The quantitative estimate of drug-likeness (QED) is 0.217. The number of rotatable bonds is 8. The number of nitrogens with one attached hydrogen (secondary N) is 2. The van der Waals surface area contributed by atoms with E-state index in [9.17, 15) is 13.2 Å². The first kappa shape index (κ1) is 22.5. The van der Waals surface area contributed by atoms with Crippen LogP contribution >= 0.6 is 0 Å². The number of hydroxylamine groups is 1. The van der Waals surface area contributed by atoms with Gasteiger partial charge in [-0.3, -0.25) is 10.0 Å². The summed E-state index contributed by atoms with van der Waals surface area (Å²) in [4.78, 5) is 11.1. The second-order valence-corrected chi connectivity index (χ2v) is 8.82. The summed E-state index contributed by atoms with van der Waals surface area (Å²) in [7, 11) is -1.61. The van der Waals surface area contributed by atoms with E-state index in [2.05, 4.69) is 21.4 Å². The third kappa shape index (κ3) is 5.29. The minimum absolute atomic E-state index is 0.189. The molecule has 0 saturated carbocycles. The molecular formula is C23H25N3O4S.